The van der Waals surface area contributed by atoms with E-state index in [9.17, 15) is 4.79 Å². The van der Waals surface area contributed by atoms with Crippen LogP contribution in [-0.4, -0.2) is 21.4 Å². The predicted octanol–water partition coefficient (Wildman–Crippen LogP) is 2.98. The molecule has 0 atom stereocenters. The SMILES string of the molecule is Cc1cnn(CCCNC(=S)Nc2ccc3c(C)cc(=O)oc3c2)c1. The number of nitrogens with one attached hydrogen (secondary N) is 2. The molecule has 0 bridgehead atoms. The molecule has 2 N–H and O–H groups in total. The highest BCUT2D eigenvalue weighted by Gasteiger charge is 2.04. The molecule has 3 rings (SSSR count). The number of aryl methyl sites for hydroxylation is 3. The fraction of sp³-hybridized carbons (Fsp3) is 0.278. The van der Waals surface area contributed by atoms with Crippen LogP contribution in [0, 0.1) is 13.8 Å². The Bertz CT molecular complexity index is 961. The molecule has 0 amide bonds. The number of anilines is 1. The lowest BCUT2D eigenvalue weighted by molar-refractivity contribution is 0.560. The molecule has 0 unspecified atom stereocenters. The van der Waals surface area contributed by atoms with Gasteiger partial charge in [0.2, 0.25) is 0 Å². The van der Waals surface area contributed by atoms with E-state index < -0.39 is 0 Å². The van der Waals surface area contributed by atoms with E-state index in [1.165, 1.54) is 6.07 Å². The van der Waals surface area contributed by atoms with Gasteiger partial charge in [-0.2, -0.15) is 5.10 Å². The predicted molar refractivity (Wildman–Crippen MR) is 103 cm³/mol. The third-order valence-corrected chi connectivity index (χ3v) is 4.07. The van der Waals surface area contributed by atoms with Crippen molar-refractivity contribution >= 4 is 34.0 Å². The molecule has 0 aliphatic carbocycles. The van der Waals surface area contributed by atoms with E-state index >= 15 is 0 Å². The summed E-state index contributed by atoms with van der Waals surface area (Å²) in [7, 11) is 0. The Morgan fingerprint density at radius 1 is 1.32 bits per heavy atom. The Hall–Kier alpha value is -2.67. The average Bonchev–Trinajstić information content (AvgIpc) is 2.96. The lowest BCUT2D eigenvalue weighted by Crippen LogP contribution is -2.29. The van der Waals surface area contributed by atoms with E-state index in [-0.39, 0.29) is 5.63 Å². The van der Waals surface area contributed by atoms with E-state index in [1.807, 2.05) is 43.1 Å². The maximum absolute atomic E-state index is 11.5. The molecule has 6 nitrogen and oxygen atoms in total. The first kappa shape index (κ1) is 17.2. The van der Waals surface area contributed by atoms with E-state index in [1.54, 1.807) is 6.07 Å². The first-order valence-electron chi connectivity index (χ1n) is 8.10. The van der Waals surface area contributed by atoms with Gasteiger partial charge in [0.1, 0.15) is 5.58 Å². The van der Waals surface area contributed by atoms with E-state index in [0.29, 0.717) is 10.7 Å². The zero-order chi connectivity index (χ0) is 17.8. The summed E-state index contributed by atoms with van der Waals surface area (Å²) in [6.45, 7) is 5.49. The molecule has 0 radical (unpaired) electrons. The second-order valence-electron chi connectivity index (χ2n) is 5.97. The molecule has 0 spiro atoms. The number of rotatable bonds is 5. The Labute approximate surface area is 150 Å². The first-order chi connectivity index (χ1) is 12.0. The Balaban J connectivity index is 1.54. The van der Waals surface area contributed by atoms with Crippen molar-refractivity contribution in [3.8, 4) is 0 Å². The van der Waals surface area contributed by atoms with Gasteiger partial charge in [0.05, 0.1) is 6.20 Å². The molecule has 0 aliphatic rings. The van der Waals surface area contributed by atoms with Gasteiger partial charge in [-0.1, -0.05) is 0 Å². The van der Waals surface area contributed by atoms with Crippen LogP contribution in [-0.2, 0) is 6.54 Å². The standard InChI is InChI=1S/C18H20N4O2S/c1-12-10-20-22(11-12)7-3-6-19-18(25)21-14-4-5-15-13(2)8-17(23)24-16(15)9-14/h4-5,8-11H,3,6-7H2,1-2H3,(H2,19,21,25). The fourth-order valence-electron chi connectivity index (χ4n) is 2.61. The number of nitrogens with zero attached hydrogens (tertiary/aromatic N) is 2. The smallest absolute Gasteiger partial charge is 0.336 e. The highest BCUT2D eigenvalue weighted by Crippen LogP contribution is 2.20. The van der Waals surface area contributed by atoms with E-state index in [4.69, 9.17) is 16.6 Å². The van der Waals surface area contributed by atoms with Crippen molar-refractivity contribution in [2.75, 3.05) is 11.9 Å². The van der Waals surface area contributed by atoms with Crippen LogP contribution in [0.5, 0.6) is 0 Å². The molecule has 0 fully saturated rings. The van der Waals surface area contributed by atoms with E-state index in [2.05, 4.69) is 15.7 Å². The van der Waals surface area contributed by atoms with Crippen molar-refractivity contribution in [2.45, 2.75) is 26.8 Å². The monoisotopic (exact) mass is 356 g/mol. The zero-order valence-corrected chi connectivity index (χ0v) is 15.0. The molecule has 2 heterocycles. The molecule has 130 valence electrons. The summed E-state index contributed by atoms with van der Waals surface area (Å²) in [5.74, 6) is 0. The van der Waals surface area contributed by atoms with Gasteiger partial charge < -0.3 is 15.1 Å². The quantitative estimate of drug-likeness (QED) is 0.416. The largest absolute Gasteiger partial charge is 0.423 e. The van der Waals surface area contributed by atoms with Gasteiger partial charge in [0.15, 0.2) is 5.11 Å². The maximum atomic E-state index is 11.5. The Morgan fingerprint density at radius 3 is 2.92 bits per heavy atom. The van der Waals surface area contributed by atoms with Gasteiger partial charge >= 0.3 is 5.63 Å². The minimum atomic E-state index is -0.350. The minimum absolute atomic E-state index is 0.350. The van der Waals surface area contributed by atoms with Gasteiger partial charge in [-0.15, -0.1) is 0 Å². The van der Waals surface area contributed by atoms with Crippen LogP contribution in [0.25, 0.3) is 11.0 Å². The summed E-state index contributed by atoms with van der Waals surface area (Å²) in [6.07, 6.45) is 4.77. The fourth-order valence-corrected chi connectivity index (χ4v) is 2.83. The minimum Gasteiger partial charge on any atom is -0.423 e. The molecule has 0 saturated carbocycles. The Morgan fingerprint density at radius 2 is 2.16 bits per heavy atom. The van der Waals surface area contributed by atoms with Gasteiger partial charge in [-0.05, 0) is 55.7 Å². The van der Waals surface area contributed by atoms with Crippen molar-refractivity contribution in [1.29, 1.82) is 0 Å². The number of benzene rings is 1. The summed E-state index contributed by atoms with van der Waals surface area (Å²) in [4.78, 5) is 11.5. The molecule has 2 aromatic heterocycles. The highest BCUT2D eigenvalue weighted by atomic mass is 32.1. The van der Waals surface area contributed by atoms with Crippen molar-refractivity contribution in [1.82, 2.24) is 15.1 Å². The third kappa shape index (κ3) is 4.45. The molecular weight excluding hydrogens is 336 g/mol. The summed E-state index contributed by atoms with van der Waals surface area (Å²) in [5, 5.41) is 12.0. The summed E-state index contributed by atoms with van der Waals surface area (Å²) < 4.78 is 7.16. The van der Waals surface area contributed by atoms with E-state index in [0.717, 1.165) is 41.7 Å². The van der Waals surface area contributed by atoms with Gasteiger partial charge in [-0.25, -0.2) is 4.79 Å². The molecule has 7 heteroatoms. The molecular formula is C18H20N4O2S. The highest BCUT2D eigenvalue weighted by molar-refractivity contribution is 7.80. The molecule has 0 aliphatic heterocycles. The van der Waals surface area contributed by atoms with Crippen LogP contribution < -0.4 is 16.3 Å². The van der Waals surface area contributed by atoms with Crippen LogP contribution >= 0.6 is 12.2 Å². The van der Waals surface area contributed by atoms with Crippen molar-refractivity contribution in [2.24, 2.45) is 0 Å². The second kappa shape index (κ2) is 7.48. The number of fused-ring (bicyclic) bond motifs is 1. The average molecular weight is 356 g/mol. The van der Waals surface area contributed by atoms with Crippen LogP contribution in [0.2, 0.25) is 0 Å². The van der Waals surface area contributed by atoms with Crippen LogP contribution in [0.3, 0.4) is 0 Å². The number of thiocarbonyl (C=S) groups is 1. The van der Waals surface area contributed by atoms with Gasteiger partial charge in [0.25, 0.3) is 0 Å². The molecule has 3 aromatic rings. The van der Waals surface area contributed by atoms with Crippen molar-refractivity contribution in [3.05, 3.63) is 58.2 Å². The lowest BCUT2D eigenvalue weighted by atomic mass is 10.1. The molecule has 1 aromatic carbocycles. The number of aromatic nitrogens is 2. The normalized spacial score (nSPS) is 10.8. The van der Waals surface area contributed by atoms with Gasteiger partial charge in [0, 0.05) is 42.5 Å². The maximum Gasteiger partial charge on any atom is 0.336 e. The van der Waals surface area contributed by atoms with Crippen molar-refractivity contribution < 1.29 is 4.42 Å². The lowest BCUT2D eigenvalue weighted by Gasteiger charge is -2.11. The van der Waals surface area contributed by atoms with Gasteiger partial charge in [-0.3, -0.25) is 4.68 Å². The number of hydrogen-bond acceptors (Lipinski definition) is 4. The van der Waals surface area contributed by atoms with Crippen molar-refractivity contribution in [3.63, 3.8) is 0 Å². The molecule has 25 heavy (non-hydrogen) atoms. The van der Waals surface area contributed by atoms with Crippen LogP contribution in [0.1, 0.15) is 17.5 Å². The number of hydrogen-bond donors (Lipinski definition) is 2. The van der Waals surface area contributed by atoms with Crippen LogP contribution in [0.4, 0.5) is 5.69 Å². The zero-order valence-electron chi connectivity index (χ0n) is 14.2. The second-order valence-corrected chi connectivity index (χ2v) is 6.38. The third-order valence-electron chi connectivity index (χ3n) is 3.82. The topological polar surface area (TPSA) is 72.1 Å². The summed E-state index contributed by atoms with van der Waals surface area (Å²) in [6, 6.07) is 7.10. The molecule has 0 saturated heterocycles. The summed E-state index contributed by atoms with van der Waals surface area (Å²) in [5.41, 5.74) is 3.03. The Kier molecular flexibility index (Phi) is 5.14. The summed E-state index contributed by atoms with van der Waals surface area (Å²) >= 11 is 5.31. The first-order valence-corrected chi connectivity index (χ1v) is 8.50. The van der Waals surface area contributed by atoms with Crippen LogP contribution in [0.15, 0.2) is 45.9 Å².